The Labute approximate surface area is 389 Å². The number of benzene rings is 2. The Balaban J connectivity index is 1.07. The third kappa shape index (κ3) is 14.6. The van der Waals surface area contributed by atoms with Gasteiger partial charge in [-0.05, 0) is 87.3 Å². The molecule has 2 aromatic carbocycles. The monoisotopic (exact) mass is 911 g/mol. The zero-order chi connectivity index (χ0) is 46.7. The summed E-state index contributed by atoms with van der Waals surface area (Å²) < 4.78 is 22.2. The van der Waals surface area contributed by atoms with Crippen LogP contribution in [0.25, 0.3) is 21.8 Å². The lowest BCUT2D eigenvalue weighted by molar-refractivity contribution is -0.170. The van der Waals surface area contributed by atoms with E-state index in [4.69, 9.17) is 18.9 Å². The maximum Gasteiger partial charge on any atom is 0.417 e. The summed E-state index contributed by atoms with van der Waals surface area (Å²) in [6.45, 7) is 8.78. The zero-order valence-corrected chi connectivity index (χ0v) is 39.3. The third-order valence-corrected chi connectivity index (χ3v) is 12.8. The second-order valence-electron chi connectivity index (χ2n) is 17.6. The number of hydrogen-bond acceptors (Lipinski definition) is 12. The number of hydrogen-bond donors (Lipinski definition) is 4. The number of urea groups is 2. The van der Waals surface area contributed by atoms with E-state index in [0.29, 0.717) is 59.8 Å². The molecule has 0 saturated carbocycles. The van der Waals surface area contributed by atoms with Crippen LogP contribution < -0.4 is 30.7 Å². The molecule has 2 saturated heterocycles. The van der Waals surface area contributed by atoms with Gasteiger partial charge >= 0.3 is 24.0 Å². The van der Waals surface area contributed by atoms with Crippen LogP contribution in [0, 0.1) is 11.8 Å². The van der Waals surface area contributed by atoms with Crippen molar-refractivity contribution in [2.75, 3.05) is 77.3 Å². The van der Waals surface area contributed by atoms with Crippen molar-refractivity contribution in [3.8, 4) is 11.5 Å². The zero-order valence-electron chi connectivity index (χ0n) is 39.3. The Morgan fingerprint density at radius 3 is 1.42 bits per heavy atom. The van der Waals surface area contributed by atoms with Gasteiger partial charge in [0.25, 0.3) is 0 Å². The molecular formula is C50H70N8O8. The van der Waals surface area contributed by atoms with E-state index < -0.39 is 24.0 Å². The molecule has 4 atom stereocenters. The van der Waals surface area contributed by atoms with Gasteiger partial charge in [0.1, 0.15) is 11.5 Å². The number of esters is 2. The van der Waals surface area contributed by atoms with Crippen molar-refractivity contribution in [2.45, 2.75) is 103 Å². The number of rotatable bonds is 22. The lowest BCUT2D eigenvalue weighted by Crippen LogP contribution is -2.54. The Morgan fingerprint density at radius 1 is 0.591 bits per heavy atom. The minimum Gasteiger partial charge on any atom is -0.497 e. The highest BCUT2D eigenvalue weighted by Gasteiger charge is 2.35. The first-order chi connectivity index (χ1) is 32.2. The Morgan fingerprint density at radius 2 is 1.02 bits per heavy atom. The lowest BCUT2D eigenvalue weighted by Gasteiger charge is -2.39. The summed E-state index contributed by atoms with van der Waals surface area (Å²) in [6.07, 6.45) is 16.1. The van der Waals surface area contributed by atoms with Crippen molar-refractivity contribution < 1.29 is 38.1 Å². The van der Waals surface area contributed by atoms with Gasteiger partial charge in [-0.2, -0.15) is 0 Å². The Kier molecular flexibility index (Phi) is 19.4. The number of ether oxygens (including phenoxy) is 4. The van der Waals surface area contributed by atoms with Crippen LogP contribution in [0.5, 0.6) is 11.5 Å². The van der Waals surface area contributed by atoms with Gasteiger partial charge in [-0.3, -0.25) is 9.97 Å². The first-order valence-electron chi connectivity index (χ1n) is 24.0. The fourth-order valence-corrected chi connectivity index (χ4v) is 9.08. The Bertz CT molecular complexity index is 2060. The number of aromatic nitrogens is 2. The van der Waals surface area contributed by atoms with Gasteiger partial charge in [-0.15, -0.1) is 0 Å². The number of unbranched alkanes of at least 4 members (excludes halogenated alkanes) is 8. The predicted molar refractivity (Wildman–Crippen MR) is 257 cm³/mol. The normalized spacial score (nSPS) is 18.9. The van der Waals surface area contributed by atoms with Crippen LogP contribution in [-0.4, -0.2) is 123 Å². The van der Waals surface area contributed by atoms with Gasteiger partial charge in [-0.25, -0.2) is 19.2 Å². The number of carbonyl (C=O) groups excluding carboxylic acids is 4. The number of anilines is 2. The molecule has 2 aliphatic heterocycles. The summed E-state index contributed by atoms with van der Waals surface area (Å²) in [7, 11) is 3.17. The summed E-state index contributed by atoms with van der Waals surface area (Å²) in [6, 6.07) is 13.0. The molecule has 16 nitrogen and oxygen atoms in total. The molecule has 0 radical (unpaired) electrons. The van der Waals surface area contributed by atoms with E-state index in [2.05, 4.69) is 54.9 Å². The van der Waals surface area contributed by atoms with Gasteiger partial charge in [0.15, 0.2) is 0 Å². The van der Waals surface area contributed by atoms with Crippen LogP contribution in [0.1, 0.15) is 90.9 Å². The molecule has 4 aromatic rings. The number of methoxy groups -OCH3 is 2. The largest absolute Gasteiger partial charge is 0.497 e. The van der Waals surface area contributed by atoms with Gasteiger partial charge in [0.05, 0.1) is 49.8 Å². The molecule has 358 valence electrons. The fourth-order valence-electron chi connectivity index (χ4n) is 9.08. The topological polar surface area (TPSA) is 186 Å². The van der Waals surface area contributed by atoms with Gasteiger partial charge in [0.2, 0.25) is 0 Å². The van der Waals surface area contributed by atoms with Crippen LogP contribution in [0.3, 0.4) is 0 Å². The van der Waals surface area contributed by atoms with E-state index in [1.165, 1.54) is 38.5 Å². The number of amides is 4. The molecular weight excluding hydrogens is 841 g/mol. The number of carbonyl (C=O) groups is 4. The van der Waals surface area contributed by atoms with Crippen LogP contribution in [-0.2, 0) is 19.1 Å². The lowest BCUT2D eigenvalue weighted by atomic mass is 9.92. The third-order valence-electron chi connectivity index (χ3n) is 12.8. The van der Waals surface area contributed by atoms with Crippen molar-refractivity contribution in [1.82, 2.24) is 30.4 Å². The second-order valence-corrected chi connectivity index (χ2v) is 17.6. The summed E-state index contributed by atoms with van der Waals surface area (Å²) in [5, 5.41) is 13.7. The molecule has 4 amide bonds. The first-order valence-corrected chi connectivity index (χ1v) is 24.0. The average Bonchev–Trinajstić information content (AvgIpc) is 3.33. The summed E-state index contributed by atoms with van der Waals surface area (Å²) >= 11 is 0. The molecule has 0 aliphatic carbocycles. The minimum atomic E-state index is -1.09. The van der Waals surface area contributed by atoms with Crippen LogP contribution >= 0.6 is 0 Å². The van der Waals surface area contributed by atoms with E-state index in [1.54, 1.807) is 38.7 Å². The highest BCUT2D eigenvalue weighted by Crippen LogP contribution is 2.28. The standard InChI is InChI=1S/C50H70N8O8/c1-5-7-9-11-13-25-57-27-21-41(53-49(61)55-45-19-23-51-43-17-15-37(63-3)29-39(43)45)35(31-57)33-65-47(59)48(60)66-34-36-32-58(26-14-12-10-8-6-2)28-22-42(36)54-50(62)56-46-20-24-52-44-18-16-38(64-4)30-40(44)46/h15-20,23-24,29-30,35-36,41-42H,5-14,21-22,25-28,31-34H2,1-4H3,(H2,51,53,55,61)(H2,52,54,56,62)/t35-,36-,41+,42+/m0/s1. The average molecular weight is 911 g/mol. The highest BCUT2D eigenvalue weighted by atomic mass is 16.6. The highest BCUT2D eigenvalue weighted by molar-refractivity contribution is 6.29. The minimum absolute atomic E-state index is 0.0737. The molecule has 16 heteroatoms. The van der Waals surface area contributed by atoms with Gasteiger partial charge in [-0.1, -0.05) is 65.2 Å². The van der Waals surface area contributed by atoms with Gasteiger partial charge < -0.3 is 50.0 Å². The number of likely N-dealkylation sites (tertiary alicyclic amines) is 2. The van der Waals surface area contributed by atoms with Crippen molar-refractivity contribution in [3.63, 3.8) is 0 Å². The fraction of sp³-hybridized carbons (Fsp3) is 0.560. The van der Waals surface area contributed by atoms with E-state index in [1.807, 2.05) is 36.4 Å². The second kappa shape index (κ2) is 25.8. The molecule has 2 aromatic heterocycles. The molecule has 66 heavy (non-hydrogen) atoms. The molecule has 0 bridgehead atoms. The number of pyridine rings is 2. The van der Waals surface area contributed by atoms with Crippen molar-refractivity contribution in [3.05, 3.63) is 60.9 Å². The van der Waals surface area contributed by atoms with Crippen LogP contribution in [0.15, 0.2) is 60.9 Å². The molecule has 4 N–H and O–H groups in total. The van der Waals surface area contributed by atoms with Crippen molar-refractivity contribution in [2.24, 2.45) is 11.8 Å². The van der Waals surface area contributed by atoms with E-state index in [-0.39, 0.29) is 37.1 Å². The van der Waals surface area contributed by atoms with E-state index in [9.17, 15) is 19.2 Å². The SMILES string of the molecule is CCCCCCCN1CC[C@@H](NC(=O)Nc2ccnc3ccc(OC)cc23)[C@H](COC(=O)C(=O)OC[C@@H]2CN(CCCCCCC)CC[C@H]2NC(=O)Nc2ccnc3ccc(OC)cc23)C1. The molecule has 0 unspecified atom stereocenters. The van der Waals surface area contributed by atoms with E-state index >= 15 is 0 Å². The van der Waals surface area contributed by atoms with Crippen LogP contribution in [0.4, 0.5) is 21.0 Å². The molecule has 2 aliphatic rings. The van der Waals surface area contributed by atoms with E-state index in [0.717, 1.165) is 62.6 Å². The van der Waals surface area contributed by atoms with Crippen molar-refractivity contribution in [1.29, 1.82) is 0 Å². The summed E-state index contributed by atoms with van der Waals surface area (Å²) in [4.78, 5) is 67.3. The first kappa shape index (κ1) is 49.7. The maximum atomic E-state index is 13.5. The quantitative estimate of drug-likeness (QED) is 0.0338. The number of fused-ring (bicyclic) bond motifs is 2. The molecule has 6 rings (SSSR count). The summed E-state index contributed by atoms with van der Waals surface area (Å²) in [5.74, 6) is -1.43. The van der Waals surface area contributed by atoms with Crippen LogP contribution in [0.2, 0.25) is 0 Å². The molecule has 2 fully saturated rings. The maximum absolute atomic E-state index is 13.5. The number of nitrogens with zero attached hydrogens (tertiary/aromatic N) is 4. The van der Waals surface area contributed by atoms with Gasteiger partial charge in [0, 0.05) is 73.3 Å². The smallest absolute Gasteiger partial charge is 0.417 e. The number of nitrogens with one attached hydrogen (secondary N) is 4. The molecule has 0 spiro atoms. The summed E-state index contributed by atoms with van der Waals surface area (Å²) in [5.41, 5.74) is 2.59. The predicted octanol–water partition coefficient (Wildman–Crippen LogP) is 8.15. The number of piperidine rings is 2. The van der Waals surface area contributed by atoms with Crippen molar-refractivity contribution >= 4 is 57.2 Å². The Hall–Kier alpha value is -5.74. The molecule has 4 heterocycles.